The Kier molecular flexibility index (Phi) is 11.4. The van der Waals surface area contributed by atoms with Crippen molar-refractivity contribution in [3.8, 4) is 66.8 Å². The predicted molar refractivity (Wildman–Crippen MR) is 421 cm³/mol. The fourth-order valence-electron chi connectivity index (χ4n) is 21.1. The summed E-state index contributed by atoms with van der Waals surface area (Å²) in [5, 5.41) is 0. The van der Waals surface area contributed by atoms with E-state index in [1.54, 1.807) is 0 Å². The quantitative estimate of drug-likeness (QED) is 0.150. The van der Waals surface area contributed by atoms with E-state index in [-0.39, 0.29) is 0 Å². The second-order valence-corrected chi connectivity index (χ2v) is 31.0. The van der Waals surface area contributed by atoms with Crippen LogP contribution in [0.2, 0.25) is 0 Å². The van der Waals surface area contributed by atoms with Crippen molar-refractivity contribution in [1.82, 2.24) is 19.9 Å². The highest BCUT2D eigenvalue weighted by atomic mass is 15.2. The monoisotopic (exact) mass is 1340 g/mol. The molecule has 0 fully saturated rings. The normalized spacial score (nSPS) is 14.9. The van der Waals surface area contributed by atoms with E-state index in [4.69, 9.17) is 15.0 Å². The van der Waals surface area contributed by atoms with Gasteiger partial charge in [-0.3, -0.25) is 19.8 Å². The molecule has 0 saturated carbocycles. The van der Waals surface area contributed by atoms with Crippen LogP contribution >= 0.6 is 0 Å². The van der Waals surface area contributed by atoms with E-state index < -0.39 is 0 Å². The summed E-state index contributed by atoms with van der Waals surface area (Å²) in [6.07, 6.45) is 21.7. The van der Waals surface area contributed by atoms with Crippen LogP contribution in [0.25, 0.3) is 66.8 Å². The highest BCUT2D eigenvalue weighted by Crippen LogP contribution is 2.59. The predicted octanol–water partition coefficient (Wildman–Crippen LogP) is 21.9. The van der Waals surface area contributed by atoms with Crippen molar-refractivity contribution in [2.75, 3.05) is 14.7 Å². The van der Waals surface area contributed by atoms with Crippen molar-refractivity contribution < 1.29 is 0 Å². The zero-order valence-corrected chi connectivity index (χ0v) is 57.8. The van der Waals surface area contributed by atoms with Gasteiger partial charge in [-0.15, -0.1) is 0 Å². The smallest absolute Gasteiger partial charge is 0.141 e. The van der Waals surface area contributed by atoms with Gasteiger partial charge in [0.25, 0.3) is 0 Å². The lowest BCUT2D eigenvalue weighted by molar-refractivity contribution is 0.937. The Bertz CT molecular complexity index is 6270. The maximum absolute atomic E-state index is 4.88. The molecule has 7 nitrogen and oxygen atoms in total. The molecule has 0 bridgehead atoms. The van der Waals surface area contributed by atoms with Crippen LogP contribution in [-0.4, -0.2) is 19.9 Å². The largest absolute Gasteiger partial charge is 0.308 e. The molecular formula is C98H65N7. The number of rotatable bonds is 0. The van der Waals surface area contributed by atoms with E-state index in [1.165, 1.54) is 235 Å². The van der Waals surface area contributed by atoms with Gasteiger partial charge in [0.05, 0.1) is 51.7 Å². The van der Waals surface area contributed by atoms with Gasteiger partial charge in [-0.1, -0.05) is 158 Å². The van der Waals surface area contributed by atoms with E-state index >= 15 is 0 Å². The van der Waals surface area contributed by atoms with Crippen LogP contribution in [0.15, 0.2) is 249 Å². The molecule has 27 rings (SSSR count). The summed E-state index contributed by atoms with van der Waals surface area (Å²) in [7, 11) is 0. The van der Waals surface area contributed by atoms with Crippen molar-refractivity contribution >= 4 is 51.4 Å². The second kappa shape index (κ2) is 21.1. The molecule has 15 aromatic rings. The molecule has 0 saturated heterocycles. The highest BCUT2D eigenvalue weighted by Gasteiger charge is 2.41. The zero-order chi connectivity index (χ0) is 68.0. The van der Waals surface area contributed by atoms with Crippen molar-refractivity contribution in [2.45, 2.75) is 77.0 Å². The van der Waals surface area contributed by atoms with Crippen LogP contribution in [0, 0.1) is 0 Å². The Morgan fingerprint density at radius 1 is 0.210 bits per heavy atom. The molecule has 0 radical (unpaired) electrons. The van der Waals surface area contributed by atoms with Crippen molar-refractivity contribution in [1.29, 1.82) is 0 Å². The molecule has 0 spiro atoms. The first-order valence-corrected chi connectivity index (χ1v) is 37.6. The van der Waals surface area contributed by atoms with Crippen molar-refractivity contribution in [3.05, 3.63) is 383 Å². The van der Waals surface area contributed by atoms with Gasteiger partial charge in [0, 0.05) is 68.9 Å². The van der Waals surface area contributed by atoms with Gasteiger partial charge in [0.1, 0.15) is 11.6 Å². The third kappa shape index (κ3) is 7.99. The summed E-state index contributed by atoms with van der Waals surface area (Å²) in [5.74, 6) is 2.15. The first-order chi connectivity index (χ1) is 52.0. The molecule has 10 heterocycles. The third-order valence-corrected chi connectivity index (χ3v) is 25.5. The number of fused-ring (bicyclic) bond motifs is 33. The molecule has 0 unspecified atom stereocenters. The molecule has 7 heteroatoms. The SMILES string of the molecule is c1ccc2c(c1)Cc1c-2ccc2c1Cc1cc3c(cc1-2)Cc1ccnc2c1N3c1ncccc1C2.c1ccc2c(c1)Cc1ccc3c(c1-2)-c1cc2c(cc1C3)N1c3cnccc3Cc3cccc(c31)C2.c1ccc2c(c1)Cc1ccc3c(c1-2)-c1cc2c(cc1C3)N1c3ncccc3Cc3cccc(c31)C2. The summed E-state index contributed by atoms with van der Waals surface area (Å²) >= 11 is 0. The Morgan fingerprint density at radius 2 is 0.610 bits per heavy atom. The van der Waals surface area contributed by atoms with E-state index in [1.807, 2.05) is 30.9 Å². The number of benzene rings is 11. The minimum absolute atomic E-state index is 0.848. The third-order valence-electron chi connectivity index (χ3n) is 25.5. The summed E-state index contributed by atoms with van der Waals surface area (Å²) < 4.78 is 0. The van der Waals surface area contributed by atoms with Gasteiger partial charge in [-0.2, -0.15) is 0 Å². The van der Waals surface area contributed by atoms with Crippen LogP contribution in [0.4, 0.5) is 51.4 Å². The molecule has 11 aromatic carbocycles. The molecule has 492 valence electrons. The molecule has 0 N–H and O–H groups in total. The fraction of sp³-hybridized carbons (Fsp3) is 0.122. The molecule has 0 atom stereocenters. The summed E-state index contributed by atoms with van der Waals surface area (Å²) in [4.78, 5) is 26.4. The molecule has 12 aliphatic rings. The molecular weight excluding hydrogens is 1280 g/mol. The lowest BCUT2D eigenvalue weighted by Gasteiger charge is -2.39. The number of hydrogen-bond donors (Lipinski definition) is 0. The second-order valence-electron chi connectivity index (χ2n) is 31.0. The van der Waals surface area contributed by atoms with Gasteiger partial charge < -0.3 is 4.90 Å². The topological polar surface area (TPSA) is 61.3 Å². The molecule has 4 aromatic heterocycles. The fourth-order valence-corrected chi connectivity index (χ4v) is 21.1. The lowest BCUT2D eigenvalue weighted by Crippen LogP contribution is -2.26. The van der Waals surface area contributed by atoms with Crippen LogP contribution < -0.4 is 14.7 Å². The zero-order valence-electron chi connectivity index (χ0n) is 57.8. The molecule has 0 amide bonds. The highest BCUT2D eigenvalue weighted by molar-refractivity contribution is 6.01. The van der Waals surface area contributed by atoms with Gasteiger partial charge >= 0.3 is 0 Å². The Morgan fingerprint density at radius 3 is 1.20 bits per heavy atom. The van der Waals surface area contributed by atoms with E-state index in [9.17, 15) is 0 Å². The number of anilines is 9. The lowest BCUT2D eigenvalue weighted by atomic mass is 9.85. The number of hydrogen-bond acceptors (Lipinski definition) is 7. The molecule has 6 aliphatic carbocycles. The Hall–Kier alpha value is -12.6. The number of aromatic nitrogens is 4. The van der Waals surface area contributed by atoms with Gasteiger partial charge in [-0.25, -0.2) is 9.97 Å². The Labute approximate surface area is 609 Å². The van der Waals surface area contributed by atoms with Crippen molar-refractivity contribution in [3.63, 3.8) is 0 Å². The standard InChI is InChI=1S/2C33H22N2.C32H21N3/c1-2-9-27-19(5-1)13-20-10-11-21-14-25-18-29-26(17-28(25)31(21)30(20)27)16-23-7-3-6-22-15-24-8-4-12-34-33(24)35(29)32(22)23;1-2-7-27-19(4-1)12-21-8-9-22-14-25-17-29-26(16-28(25)32(22)31(21)27)15-24-6-3-5-23-13-20-10-11-34-18-30(20)35(29)33(23)24;1-2-6-23-18(4-1)13-27-24(23)7-8-25-26-15-22-12-19-9-11-33-29-16-20-5-3-10-34-32(20)35(31(19)29)30(22)17-21(26)14-28(25)27/h1-12,17-18H,13-16H2;1-11,16-18H,12-15H2;1-11,15,17H,12-14,16H2. The average Bonchev–Trinajstić information content (AvgIpc) is 0.939. The van der Waals surface area contributed by atoms with Crippen molar-refractivity contribution in [2.24, 2.45) is 0 Å². The maximum Gasteiger partial charge on any atom is 0.141 e. The summed E-state index contributed by atoms with van der Waals surface area (Å²) in [5.41, 5.74) is 60.4. The molecule has 105 heavy (non-hydrogen) atoms. The number of para-hydroxylation sites is 2. The van der Waals surface area contributed by atoms with Gasteiger partial charge in [0.2, 0.25) is 0 Å². The maximum atomic E-state index is 4.88. The summed E-state index contributed by atoms with van der Waals surface area (Å²) in [6, 6.07) is 82.5. The Balaban J connectivity index is 0.0000000914. The van der Waals surface area contributed by atoms with Crippen LogP contribution in [-0.2, 0) is 77.0 Å². The minimum Gasteiger partial charge on any atom is -0.308 e. The van der Waals surface area contributed by atoms with E-state index in [0.717, 1.165) is 94.4 Å². The average molecular weight is 1340 g/mol. The first kappa shape index (κ1) is 57.0. The van der Waals surface area contributed by atoms with E-state index in [2.05, 4.69) is 238 Å². The van der Waals surface area contributed by atoms with Crippen LogP contribution in [0.1, 0.15) is 134 Å². The van der Waals surface area contributed by atoms with E-state index in [0.29, 0.717) is 0 Å². The number of nitrogens with zero attached hydrogens (tertiary/aromatic N) is 7. The first-order valence-electron chi connectivity index (χ1n) is 37.6. The van der Waals surface area contributed by atoms with Gasteiger partial charge in [-0.05, 0) is 288 Å². The van der Waals surface area contributed by atoms with Crippen LogP contribution in [0.3, 0.4) is 0 Å². The van der Waals surface area contributed by atoms with Gasteiger partial charge in [0.15, 0.2) is 0 Å². The van der Waals surface area contributed by atoms with Crippen LogP contribution in [0.5, 0.6) is 0 Å². The molecule has 6 aliphatic heterocycles. The minimum atomic E-state index is 0.848. The summed E-state index contributed by atoms with van der Waals surface area (Å²) in [6.45, 7) is 0. The number of pyridine rings is 4.